The van der Waals surface area contributed by atoms with Gasteiger partial charge in [-0.1, -0.05) is 54.1 Å². The highest BCUT2D eigenvalue weighted by Gasteiger charge is 2.25. The van der Waals surface area contributed by atoms with Gasteiger partial charge in [0.15, 0.2) is 10.8 Å². The lowest BCUT2D eigenvalue weighted by Crippen LogP contribution is -2.48. The van der Waals surface area contributed by atoms with Crippen LogP contribution in [0, 0.1) is 0 Å². The second kappa shape index (κ2) is 7.40. The van der Waals surface area contributed by atoms with Crippen molar-refractivity contribution in [2.45, 2.75) is 6.54 Å². The van der Waals surface area contributed by atoms with Crippen LogP contribution >= 0.6 is 11.6 Å². The number of fused-ring (bicyclic) bond motifs is 1. The molecule has 1 aliphatic heterocycles. The summed E-state index contributed by atoms with van der Waals surface area (Å²) in [7, 11) is 0. The van der Waals surface area contributed by atoms with Crippen LogP contribution in [0.2, 0.25) is 5.15 Å². The van der Waals surface area contributed by atoms with Gasteiger partial charge >= 0.3 is 0 Å². The lowest BCUT2D eigenvalue weighted by Gasteiger charge is -2.34. The summed E-state index contributed by atoms with van der Waals surface area (Å²) in [5.41, 5.74) is 2.90. The first-order valence-electron chi connectivity index (χ1n) is 8.68. The average molecular weight is 367 g/mol. The Morgan fingerprint density at radius 3 is 2.19 bits per heavy atom. The highest BCUT2D eigenvalue weighted by atomic mass is 35.5. The summed E-state index contributed by atoms with van der Waals surface area (Å²) in [4.78, 5) is 25.8. The molecule has 3 aromatic rings. The molecule has 1 amide bonds. The molecule has 2 heterocycles. The van der Waals surface area contributed by atoms with Gasteiger partial charge in [0, 0.05) is 32.7 Å². The summed E-state index contributed by atoms with van der Waals surface area (Å²) in [6.45, 7) is 3.89. The molecule has 1 aromatic heterocycles. The molecule has 0 unspecified atom stereocenters. The molecule has 0 saturated carbocycles. The first-order chi connectivity index (χ1) is 12.7. The Bertz CT molecular complexity index is 924. The average Bonchev–Trinajstić information content (AvgIpc) is 2.68. The summed E-state index contributed by atoms with van der Waals surface area (Å²) in [6, 6.07) is 17.8. The predicted molar refractivity (Wildman–Crippen MR) is 102 cm³/mol. The number of carbonyl (C=O) groups is 1. The summed E-state index contributed by atoms with van der Waals surface area (Å²) in [6.07, 6.45) is 0. The summed E-state index contributed by atoms with van der Waals surface area (Å²) in [5, 5.41) is 0.167. The maximum absolute atomic E-state index is 12.8. The number of rotatable bonds is 3. The third-order valence-corrected chi connectivity index (χ3v) is 4.90. The van der Waals surface area contributed by atoms with Gasteiger partial charge in [0.1, 0.15) is 0 Å². The fourth-order valence-electron chi connectivity index (χ4n) is 3.22. The van der Waals surface area contributed by atoms with Gasteiger partial charge in [-0.25, -0.2) is 9.97 Å². The zero-order valence-corrected chi connectivity index (χ0v) is 15.1. The zero-order chi connectivity index (χ0) is 17.9. The SMILES string of the molecule is O=C(c1nc2ccccc2nc1Cl)N1CCN(Cc2ccccc2)CC1. The molecule has 26 heavy (non-hydrogen) atoms. The lowest BCUT2D eigenvalue weighted by atomic mass is 10.2. The van der Waals surface area contributed by atoms with Crippen molar-refractivity contribution < 1.29 is 4.79 Å². The maximum atomic E-state index is 12.8. The highest BCUT2D eigenvalue weighted by Crippen LogP contribution is 2.19. The van der Waals surface area contributed by atoms with Crippen molar-refractivity contribution >= 4 is 28.5 Å². The van der Waals surface area contributed by atoms with E-state index in [9.17, 15) is 4.79 Å². The highest BCUT2D eigenvalue weighted by molar-refractivity contribution is 6.32. The number of hydrogen-bond donors (Lipinski definition) is 0. The fraction of sp³-hybridized carbons (Fsp3) is 0.250. The van der Waals surface area contributed by atoms with Gasteiger partial charge in [-0.2, -0.15) is 0 Å². The van der Waals surface area contributed by atoms with E-state index in [1.54, 1.807) is 0 Å². The number of piperazine rings is 1. The standard InChI is InChI=1S/C20H19ClN4O/c21-19-18(22-16-8-4-5-9-17(16)23-19)20(26)25-12-10-24(11-13-25)14-15-6-2-1-3-7-15/h1-9H,10-14H2. The van der Waals surface area contributed by atoms with Crippen LogP contribution in [0.3, 0.4) is 0 Å². The molecule has 5 nitrogen and oxygen atoms in total. The second-order valence-electron chi connectivity index (χ2n) is 6.41. The van der Waals surface area contributed by atoms with E-state index in [4.69, 9.17) is 11.6 Å². The Morgan fingerprint density at radius 2 is 1.50 bits per heavy atom. The molecule has 0 radical (unpaired) electrons. The number of benzene rings is 2. The molecule has 4 rings (SSSR count). The maximum Gasteiger partial charge on any atom is 0.275 e. The number of amides is 1. The third-order valence-electron chi connectivity index (χ3n) is 4.64. The van der Waals surface area contributed by atoms with E-state index in [1.807, 2.05) is 35.2 Å². The first kappa shape index (κ1) is 16.9. The van der Waals surface area contributed by atoms with Crippen LogP contribution in [-0.2, 0) is 6.54 Å². The van der Waals surface area contributed by atoms with Crippen LogP contribution in [0.4, 0.5) is 0 Å². The van der Waals surface area contributed by atoms with E-state index in [1.165, 1.54) is 5.56 Å². The minimum absolute atomic E-state index is 0.146. The number of carbonyl (C=O) groups excluding carboxylic acids is 1. The molecule has 0 N–H and O–H groups in total. The van der Waals surface area contributed by atoms with Crippen molar-refractivity contribution in [2.24, 2.45) is 0 Å². The molecule has 6 heteroatoms. The van der Waals surface area contributed by atoms with Crippen molar-refractivity contribution in [2.75, 3.05) is 26.2 Å². The number of nitrogens with zero attached hydrogens (tertiary/aromatic N) is 4. The molecule has 1 aliphatic rings. The van der Waals surface area contributed by atoms with Crippen molar-refractivity contribution in [1.82, 2.24) is 19.8 Å². The van der Waals surface area contributed by atoms with E-state index >= 15 is 0 Å². The van der Waals surface area contributed by atoms with Crippen LogP contribution in [-0.4, -0.2) is 51.9 Å². The van der Waals surface area contributed by atoms with E-state index in [0.717, 1.165) is 19.6 Å². The van der Waals surface area contributed by atoms with Gasteiger partial charge in [-0.05, 0) is 17.7 Å². The minimum Gasteiger partial charge on any atom is -0.335 e. The van der Waals surface area contributed by atoms with Gasteiger partial charge in [-0.3, -0.25) is 9.69 Å². The summed E-state index contributed by atoms with van der Waals surface area (Å²) < 4.78 is 0. The monoisotopic (exact) mass is 366 g/mol. The van der Waals surface area contributed by atoms with Crippen molar-refractivity contribution in [3.8, 4) is 0 Å². The van der Waals surface area contributed by atoms with E-state index in [2.05, 4.69) is 39.1 Å². The van der Waals surface area contributed by atoms with Crippen LogP contribution in [0.1, 0.15) is 16.1 Å². The number of halogens is 1. The molecule has 0 bridgehead atoms. The molecule has 1 fully saturated rings. The molecule has 2 aromatic carbocycles. The van der Waals surface area contributed by atoms with Gasteiger partial charge in [0.25, 0.3) is 5.91 Å². The van der Waals surface area contributed by atoms with Crippen LogP contribution in [0.5, 0.6) is 0 Å². The number of aromatic nitrogens is 2. The van der Waals surface area contributed by atoms with Gasteiger partial charge in [0.2, 0.25) is 0 Å². The number of hydrogen-bond acceptors (Lipinski definition) is 4. The van der Waals surface area contributed by atoms with Gasteiger partial charge in [0.05, 0.1) is 11.0 Å². The molecular weight excluding hydrogens is 348 g/mol. The van der Waals surface area contributed by atoms with Crippen molar-refractivity contribution in [3.63, 3.8) is 0 Å². The van der Waals surface area contributed by atoms with Crippen molar-refractivity contribution in [3.05, 3.63) is 71.0 Å². The minimum atomic E-state index is -0.146. The quantitative estimate of drug-likeness (QED) is 0.714. The summed E-state index contributed by atoms with van der Waals surface area (Å²) >= 11 is 6.22. The predicted octanol–water partition coefficient (Wildman–Crippen LogP) is 3.24. The molecular formula is C20H19ClN4O. The Balaban J connectivity index is 1.44. The van der Waals surface area contributed by atoms with E-state index in [0.29, 0.717) is 24.1 Å². The molecule has 0 aliphatic carbocycles. The van der Waals surface area contributed by atoms with Crippen LogP contribution < -0.4 is 0 Å². The van der Waals surface area contributed by atoms with Gasteiger partial charge in [-0.15, -0.1) is 0 Å². The topological polar surface area (TPSA) is 49.3 Å². The Kier molecular flexibility index (Phi) is 4.82. The molecule has 0 atom stereocenters. The Labute approximate surface area is 157 Å². The smallest absolute Gasteiger partial charge is 0.275 e. The number of para-hydroxylation sites is 2. The third kappa shape index (κ3) is 3.54. The summed E-state index contributed by atoms with van der Waals surface area (Å²) in [5.74, 6) is -0.146. The zero-order valence-electron chi connectivity index (χ0n) is 14.3. The Hall–Kier alpha value is -2.50. The Morgan fingerprint density at radius 1 is 0.885 bits per heavy atom. The van der Waals surface area contributed by atoms with E-state index in [-0.39, 0.29) is 16.8 Å². The normalized spacial score (nSPS) is 15.3. The first-order valence-corrected chi connectivity index (χ1v) is 9.06. The lowest BCUT2D eigenvalue weighted by molar-refractivity contribution is 0.0623. The van der Waals surface area contributed by atoms with Gasteiger partial charge < -0.3 is 4.90 Å². The van der Waals surface area contributed by atoms with Crippen LogP contribution in [0.15, 0.2) is 54.6 Å². The largest absolute Gasteiger partial charge is 0.335 e. The molecule has 1 saturated heterocycles. The van der Waals surface area contributed by atoms with Crippen molar-refractivity contribution in [1.29, 1.82) is 0 Å². The fourth-order valence-corrected chi connectivity index (χ4v) is 3.43. The van der Waals surface area contributed by atoms with E-state index < -0.39 is 0 Å². The van der Waals surface area contributed by atoms with Crippen LogP contribution in [0.25, 0.3) is 11.0 Å². The molecule has 0 spiro atoms. The second-order valence-corrected chi connectivity index (χ2v) is 6.76. The molecule has 132 valence electrons.